The van der Waals surface area contributed by atoms with Crippen molar-refractivity contribution in [1.29, 1.82) is 5.26 Å². The zero-order valence-corrected chi connectivity index (χ0v) is 14.2. The van der Waals surface area contributed by atoms with Gasteiger partial charge in [0.15, 0.2) is 0 Å². The molecule has 0 amide bonds. The van der Waals surface area contributed by atoms with Crippen molar-refractivity contribution in [3.63, 3.8) is 0 Å². The first-order chi connectivity index (χ1) is 12.4. The van der Waals surface area contributed by atoms with Crippen molar-refractivity contribution in [2.45, 2.75) is 23.3 Å². The second kappa shape index (κ2) is 7.19. The highest BCUT2D eigenvalue weighted by molar-refractivity contribution is 7.99. The molecule has 2 aromatic rings. The molecule has 1 aliphatic carbocycles. The van der Waals surface area contributed by atoms with E-state index in [1.54, 1.807) is 6.07 Å². The number of fused-ring (bicyclic) bond motifs is 1. The summed E-state index contributed by atoms with van der Waals surface area (Å²) < 4.78 is 47.2. The van der Waals surface area contributed by atoms with Gasteiger partial charge < -0.3 is 14.9 Å². The van der Waals surface area contributed by atoms with E-state index in [4.69, 9.17) is 15.1 Å². The van der Waals surface area contributed by atoms with Crippen molar-refractivity contribution < 1.29 is 28.1 Å². The summed E-state index contributed by atoms with van der Waals surface area (Å²) in [5.74, 6) is -3.67. The number of ether oxygens (including phenoxy) is 1. The van der Waals surface area contributed by atoms with Crippen LogP contribution in [0.4, 0.5) is 13.2 Å². The smallest absolute Gasteiger partial charge is 0.281 e. The Morgan fingerprint density at radius 2 is 2.08 bits per heavy atom. The lowest BCUT2D eigenvalue weighted by molar-refractivity contribution is -0.0976. The highest BCUT2D eigenvalue weighted by Gasteiger charge is 2.49. The highest BCUT2D eigenvalue weighted by atomic mass is 32.2. The number of nitriles is 1. The molecule has 0 aromatic heterocycles. The second-order valence-corrected chi connectivity index (χ2v) is 6.89. The van der Waals surface area contributed by atoms with Crippen molar-refractivity contribution in [3.05, 3.63) is 52.8 Å². The molecule has 136 valence electrons. The Morgan fingerprint density at radius 3 is 2.77 bits per heavy atom. The van der Waals surface area contributed by atoms with Crippen LogP contribution in [0.5, 0.6) is 11.5 Å². The van der Waals surface area contributed by atoms with Crippen molar-refractivity contribution >= 4 is 11.8 Å². The van der Waals surface area contributed by atoms with Crippen LogP contribution in [0.25, 0.3) is 0 Å². The first-order valence-electron chi connectivity index (χ1n) is 7.69. The van der Waals surface area contributed by atoms with Gasteiger partial charge in [-0.05, 0) is 24.3 Å². The fourth-order valence-electron chi connectivity index (χ4n) is 2.84. The summed E-state index contributed by atoms with van der Waals surface area (Å²) in [7, 11) is 0. The maximum Gasteiger partial charge on any atom is 0.281 e. The van der Waals surface area contributed by atoms with Crippen LogP contribution >= 0.6 is 11.8 Å². The quantitative estimate of drug-likeness (QED) is 0.771. The predicted octanol–water partition coefficient (Wildman–Crippen LogP) is 3.80. The molecule has 0 spiro atoms. The van der Waals surface area contributed by atoms with E-state index in [0.29, 0.717) is 10.6 Å². The van der Waals surface area contributed by atoms with Gasteiger partial charge in [-0.2, -0.15) is 5.26 Å². The number of nitrogens with zero attached hydrogens (tertiary/aromatic N) is 1. The fraction of sp³-hybridized carbons (Fsp3) is 0.278. The molecule has 0 bridgehead atoms. The Labute approximate surface area is 151 Å². The van der Waals surface area contributed by atoms with Crippen molar-refractivity contribution in [1.82, 2.24) is 0 Å². The first-order valence-corrected chi connectivity index (χ1v) is 8.68. The van der Waals surface area contributed by atoms with Crippen LogP contribution in [0.3, 0.4) is 0 Å². The summed E-state index contributed by atoms with van der Waals surface area (Å²) in [6, 6.07) is 8.15. The first kappa shape index (κ1) is 18.6. The third-order valence-electron chi connectivity index (χ3n) is 3.94. The van der Waals surface area contributed by atoms with Gasteiger partial charge in [0, 0.05) is 34.3 Å². The zero-order valence-electron chi connectivity index (χ0n) is 13.4. The van der Waals surface area contributed by atoms with Gasteiger partial charge in [0.05, 0.1) is 18.2 Å². The third-order valence-corrected chi connectivity index (χ3v) is 4.99. The van der Waals surface area contributed by atoms with E-state index in [2.05, 4.69) is 0 Å². The molecule has 1 aliphatic rings. The van der Waals surface area contributed by atoms with Crippen LogP contribution in [0, 0.1) is 17.1 Å². The largest absolute Gasteiger partial charge is 0.457 e. The molecule has 0 aliphatic heterocycles. The van der Waals surface area contributed by atoms with Crippen LogP contribution in [-0.4, -0.2) is 28.5 Å². The predicted molar refractivity (Wildman–Crippen MR) is 89.1 cm³/mol. The van der Waals surface area contributed by atoms with Gasteiger partial charge in [0.1, 0.15) is 23.4 Å². The Morgan fingerprint density at radius 1 is 1.31 bits per heavy atom. The highest BCUT2D eigenvalue weighted by Crippen LogP contribution is 2.50. The average Bonchev–Trinajstić information content (AvgIpc) is 2.84. The molecule has 2 aromatic carbocycles. The SMILES string of the molecule is N#Cc1cc(F)cc(Oc2ccc(SCCO)c3c2CC(F)(F)C3O)c1. The van der Waals surface area contributed by atoms with Gasteiger partial charge in [0.2, 0.25) is 0 Å². The number of hydrogen-bond acceptors (Lipinski definition) is 5. The summed E-state index contributed by atoms with van der Waals surface area (Å²) >= 11 is 1.15. The Balaban J connectivity index is 2.02. The number of halogens is 3. The van der Waals surface area contributed by atoms with Crippen LogP contribution < -0.4 is 4.74 Å². The van der Waals surface area contributed by atoms with Crippen molar-refractivity contribution in [3.8, 4) is 17.6 Å². The Bertz CT molecular complexity index is 883. The van der Waals surface area contributed by atoms with Crippen LogP contribution in [0.1, 0.15) is 22.8 Å². The number of aliphatic hydroxyl groups excluding tert-OH is 2. The van der Waals surface area contributed by atoms with E-state index >= 15 is 0 Å². The lowest BCUT2D eigenvalue weighted by Crippen LogP contribution is -2.21. The molecule has 0 saturated heterocycles. The normalized spacial score (nSPS) is 17.6. The monoisotopic (exact) mass is 381 g/mol. The fourth-order valence-corrected chi connectivity index (χ4v) is 3.70. The molecule has 0 fully saturated rings. The Hall–Kier alpha value is -2.21. The Kier molecular flexibility index (Phi) is 5.14. The molecule has 0 saturated carbocycles. The van der Waals surface area contributed by atoms with E-state index in [1.165, 1.54) is 18.2 Å². The number of benzene rings is 2. The maximum absolute atomic E-state index is 14.1. The van der Waals surface area contributed by atoms with Crippen molar-refractivity contribution in [2.24, 2.45) is 0 Å². The molecule has 1 atom stereocenters. The molecule has 4 nitrogen and oxygen atoms in total. The number of rotatable bonds is 5. The topological polar surface area (TPSA) is 73.5 Å². The van der Waals surface area contributed by atoms with E-state index in [1.807, 2.05) is 0 Å². The summed E-state index contributed by atoms with van der Waals surface area (Å²) in [5, 5.41) is 27.9. The van der Waals surface area contributed by atoms with Crippen LogP contribution in [-0.2, 0) is 6.42 Å². The minimum absolute atomic E-state index is 0.00390. The maximum atomic E-state index is 14.1. The average molecular weight is 381 g/mol. The molecular formula is C18H14F3NO3S. The summed E-state index contributed by atoms with van der Waals surface area (Å²) in [6.07, 6.45) is -2.70. The molecule has 1 unspecified atom stereocenters. The number of thioether (sulfide) groups is 1. The molecule has 0 radical (unpaired) electrons. The van der Waals surface area contributed by atoms with E-state index in [-0.39, 0.29) is 34.8 Å². The number of aliphatic hydroxyl groups is 2. The standard InChI is InChI=1S/C18H14F3NO3S/c19-11-5-10(9-22)6-12(7-11)25-14-1-2-15(26-4-3-23)16-13(14)8-18(20,21)17(16)24/h1-2,5-7,17,23-24H,3-4,8H2. The van der Waals surface area contributed by atoms with E-state index in [9.17, 15) is 18.3 Å². The van der Waals surface area contributed by atoms with Gasteiger partial charge in [-0.15, -0.1) is 11.8 Å². The second-order valence-electron chi connectivity index (χ2n) is 5.76. The third kappa shape index (κ3) is 3.51. The number of hydrogen-bond donors (Lipinski definition) is 2. The molecular weight excluding hydrogens is 367 g/mol. The minimum Gasteiger partial charge on any atom is -0.457 e. The van der Waals surface area contributed by atoms with Crippen LogP contribution in [0.15, 0.2) is 35.2 Å². The lowest BCUT2D eigenvalue weighted by atomic mass is 10.1. The van der Waals surface area contributed by atoms with E-state index < -0.39 is 24.3 Å². The number of alkyl halides is 2. The van der Waals surface area contributed by atoms with Gasteiger partial charge in [-0.25, -0.2) is 13.2 Å². The van der Waals surface area contributed by atoms with E-state index in [0.717, 1.165) is 23.9 Å². The molecule has 8 heteroatoms. The summed E-state index contributed by atoms with van der Waals surface area (Å²) in [5.41, 5.74) is 0.230. The molecule has 0 heterocycles. The minimum atomic E-state index is -3.35. The van der Waals surface area contributed by atoms with Gasteiger partial charge in [0.25, 0.3) is 5.92 Å². The summed E-state index contributed by atoms with van der Waals surface area (Å²) in [6.45, 7) is -0.135. The molecule has 2 N–H and O–H groups in total. The molecule has 26 heavy (non-hydrogen) atoms. The molecule has 3 rings (SSSR count). The zero-order chi connectivity index (χ0) is 18.9. The van der Waals surface area contributed by atoms with Gasteiger partial charge in [-0.3, -0.25) is 0 Å². The van der Waals surface area contributed by atoms with Crippen LogP contribution in [0.2, 0.25) is 0 Å². The summed E-state index contributed by atoms with van der Waals surface area (Å²) in [4.78, 5) is 0.433. The van der Waals surface area contributed by atoms with Gasteiger partial charge in [-0.1, -0.05) is 0 Å². The van der Waals surface area contributed by atoms with Crippen molar-refractivity contribution in [2.75, 3.05) is 12.4 Å². The van der Waals surface area contributed by atoms with Gasteiger partial charge >= 0.3 is 0 Å². The lowest BCUT2D eigenvalue weighted by Gasteiger charge is -2.16.